The minimum atomic E-state index is -0.475. The lowest BCUT2D eigenvalue weighted by molar-refractivity contribution is -0.385. The number of nitro benzene ring substituents is 2. The molecule has 0 aliphatic heterocycles. The number of oxime groups is 1. The zero-order valence-electron chi connectivity index (χ0n) is 16.3. The molecule has 0 saturated carbocycles. The summed E-state index contributed by atoms with van der Waals surface area (Å²) >= 11 is 9.72. The van der Waals surface area contributed by atoms with Gasteiger partial charge in [-0.3, -0.25) is 20.2 Å². The summed E-state index contributed by atoms with van der Waals surface area (Å²) in [4.78, 5) is 25.8. The van der Waals surface area contributed by atoms with Gasteiger partial charge in [-0.2, -0.15) is 0 Å². The monoisotopic (exact) mass is 519 g/mol. The van der Waals surface area contributed by atoms with Gasteiger partial charge in [-0.15, -0.1) is 0 Å². The molecule has 0 heterocycles. The highest BCUT2D eigenvalue weighted by atomic mass is 79.9. The molecule has 0 aliphatic rings. The fourth-order valence-electron chi connectivity index (χ4n) is 2.63. The van der Waals surface area contributed by atoms with Crippen LogP contribution in [0.2, 0.25) is 5.02 Å². The van der Waals surface area contributed by atoms with Crippen LogP contribution in [0.4, 0.5) is 11.4 Å². The lowest BCUT2D eigenvalue weighted by Gasteiger charge is -2.11. The van der Waals surface area contributed by atoms with Crippen LogP contribution in [-0.2, 0) is 18.1 Å². The fraction of sp³-hybridized carbons (Fsp3) is 0.0952. The van der Waals surface area contributed by atoms with E-state index in [1.54, 1.807) is 36.4 Å². The van der Waals surface area contributed by atoms with E-state index in [0.717, 1.165) is 5.56 Å². The van der Waals surface area contributed by atoms with E-state index in [2.05, 4.69) is 21.1 Å². The van der Waals surface area contributed by atoms with Gasteiger partial charge in [0.15, 0.2) is 5.75 Å². The Hall–Kier alpha value is -3.50. The molecule has 0 spiro atoms. The predicted molar refractivity (Wildman–Crippen MR) is 122 cm³/mol. The number of halogens is 2. The Kier molecular flexibility index (Phi) is 7.74. The molecule has 0 unspecified atom stereocenters. The summed E-state index contributed by atoms with van der Waals surface area (Å²) in [7, 11) is 0. The summed E-state index contributed by atoms with van der Waals surface area (Å²) in [6.45, 7) is 0.250. The number of benzene rings is 3. The molecule has 0 radical (unpaired) electrons. The van der Waals surface area contributed by atoms with Gasteiger partial charge < -0.3 is 9.57 Å². The third kappa shape index (κ3) is 6.25. The molecular formula is C21H15BrClN3O6. The molecule has 0 aliphatic carbocycles. The van der Waals surface area contributed by atoms with Crippen LogP contribution in [0.5, 0.6) is 5.75 Å². The van der Waals surface area contributed by atoms with Gasteiger partial charge in [0.25, 0.3) is 11.4 Å². The second kappa shape index (κ2) is 10.7. The molecule has 0 fully saturated rings. The lowest BCUT2D eigenvalue weighted by atomic mass is 10.2. The minimum Gasteiger partial charge on any atom is -0.486 e. The van der Waals surface area contributed by atoms with Gasteiger partial charge in [0.05, 0.1) is 25.6 Å². The summed E-state index contributed by atoms with van der Waals surface area (Å²) in [5.74, 6) is 0.416. The summed E-state index contributed by atoms with van der Waals surface area (Å²) in [5.41, 5.74) is 1.99. The first kappa shape index (κ1) is 23.2. The van der Waals surface area contributed by atoms with Crippen molar-refractivity contribution in [3.63, 3.8) is 0 Å². The smallest absolute Gasteiger partial charge is 0.269 e. The summed E-state index contributed by atoms with van der Waals surface area (Å²) < 4.78 is 6.33. The first-order chi connectivity index (χ1) is 15.3. The number of rotatable bonds is 9. The molecule has 3 aromatic rings. The molecule has 0 amide bonds. The Labute approximate surface area is 195 Å². The largest absolute Gasteiger partial charge is 0.486 e. The Morgan fingerprint density at radius 2 is 1.66 bits per heavy atom. The molecular weight excluding hydrogens is 506 g/mol. The van der Waals surface area contributed by atoms with E-state index in [1.807, 2.05) is 0 Å². The molecule has 3 aromatic carbocycles. The van der Waals surface area contributed by atoms with E-state index in [1.165, 1.54) is 30.5 Å². The molecule has 0 aromatic heterocycles. The first-order valence-electron chi connectivity index (χ1n) is 9.07. The van der Waals surface area contributed by atoms with Crippen LogP contribution in [0.3, 0.4) is 0 Å². The van der Waals surface area contributed by atoms with E-state index in [-0.39, 0.29) is 24.6 Å². The Balaban J connectivity index is 1.59. The maximum absolute atomic E-state index is 10.8. The van der Waals surface area contributed by atoms with Crippen molar-refractivity contribution in [1.82, 2.24) is 0 Å². The second-order valence-corrected chi connectivity index (χ2v) is 7.72. The van der Waals surface area contributed by atoms with Gasteiger partial charge in [-0.05, 0) is 56.9 Å². The van der Waals surface area contributed by atoms with Crippen molar-refractivity contribution in [2.75, 3.05) is 0 Å². The quantitative estimate of drug-likeness (QED) is 0.193. The Bertz CT molecular complexity index is 1150. The summed E-state index contributed by atoms with van der Waals surface area (Å²) in [5, 5.41) is 25.7. The van der Waals surface area contributed by atoms with Crippen molar-refractivity contribution in [3.05, 3.63) is 107 Å². The standard InChI is InChI=1S/C21H15BrClN3O6/c22-19-9-16(11-24-32-13-15-2-1-3-18(8-15)26(29)30)10-20(23)21(19)31-12-14-4-6-17(7-5-14)25(27)28/h1-11H,12-13H2/b24-11-. The average Bonchev–Trinajstić information content (AvgIpc) is 2.76. The van der Waals surface area contributed by atoms with Gasteiger partial charge in [0.1, 0.15) is 13.2 Å². The van der Waals surface area contributed by atoms with Crippen molar-refractivity contribution in [3.8, 4) is 5.75 Å². The molecule has 0 N–H and O–H groups in total. The number of nitrogens with zero attached hydrogens (tertiary/aromatic N) is 3. The number of non-ortho nitro benzene ring substituents is 2. The highest BCUT2D eigenvalue weighted by Gasteiger charge is 2.11. The van der Waals surface area contributed by atoms with Gasteiger partial charge >= 0.3 is 0 Å². The Morgan fingerprint density at radius 3 is 2.31 bits per heavy atom. The van der Waals surface area contributed by atoms with Crippen LogP contribution in [0.1, 0.15) is 16.7 Å². The van der Waals surface area contributed by atoms with Crippen molar-refractivity contribution in [2.45, 2.75) is 13.2 Å². The highest BCUT2D eigenvalue weighted by Crippen LogP contribution is 2.34. The topological polar surface area (TPSA) is 117 Å². The predicted octanol–water partition coefficient (Wildman–Crippen LogP) is 6.05. The van der Waals surface area contributed by atoms with E-state index >= 15 is 0 Å². The van der Waals surface area contributed by atoms with E-state index in [9.17, 15) is 20.2 Å². The SMILES string of the molecule is O=[N+]([O-])c1ccc(COc2c(Cl)cc(/C=N\OCc3cccc([N+](=O)[O-])c3)cc2Br)cc1. The molecule has 0 atom stereocenters. The molecule has 9 nitrogen and oxygen atoms in total. The second-order valence-electron chi connectivity index (χ2n) is 6.46. The van der Waals surface area contributed by atoms with E-state index in [0.29, 0.717) is 26.4 Å². The van der Waals surface area contributed by atoms with Gasteiger partial charge in [-0.1, -0.05) is 28.9 Å². The maximum Gasteiger partial charge on any atom is 0.269 e. The molecule has 11 heteroatoms. The van der Waals surface area contributed by atoms with Gasteiger partial charge in [0, 0.05) is 24.3 Å². The third-order valence-electron chi connectivity index (χ3n) is 4.18. The highest BCUT2D eigenvalue weighted by molar-refractivity contribution is 9.10. The molecule has 3 rings (SSSR count). The molecule has 32 heavy (non-hydrogen) atoms. The van der Waals surface area contributed by atoms with Gasteiger partial charge in [0.2, 0.25) is 0 Å². The molecule has 0 bridgehead atoms. The van der Waals surface area contributed by atoms with Crippen LogP contribution in [0, 0.1) is 20.2 Å². The van der Waals surface area contributed by atoms with Crippen molar-refractivity contribution in [2.24, 2.45) is 5.16 Å². The first-order valence-corrected chi connectivity index (χ1v) is 10.2. The zero-order valence-corrected chi connectivity index (χ0v) is 18.7. The van der Waals surface area contributed by atoms with Crippen LogP contribution < -0.4 is 4.74 Å². The van der Waals surface area contributed by atoms with Crippen molar-refractivity contribution < 1.29 is 19.4 Å². The zero-order chi connectivity index (χ0) is 23.1. The number of nitro groups is 2. The third-order valence-corrected chi connectivity index (χ3v) is 5.05. The minimum absolute atomic E-state index is 0.00399. The van der Waals surface area contributed by atoms with Gasteiger partial charge in [-0.25, -0.2) is 0 Å². The van der Waals surface area contributed by atoms with Crippen LogP contribution in [0.25, 0.3) is 0 Å². The van der Waals surface area contributed by atoms with E-state index in [4.69, 9.17) is 21.2 Å². The average molecular weight is 521 g/mol. The van der Waals surface area contributed by atoms with Crippen molar-refractivity contribution >= 4 is 45.1 Å². The van der Waals surface area contributed by atoms with Crippen LogP contribution >= 0.6 is 27.5 Å². The maximum atomic E-state index is 10.8. The van der Waals surface area contributed by atoms with E-state index < -0.39 is 9.85 Å². The summed E-state index contributed by atoms with van der Waals surface area (Å²) in [6, 6.07) is 15.5. The summed E-state index contributed by atoms with van der Waals surface area (Å²) in [6.07, 6.45) is 1.45. The Morgan fingerprint density at radius 1 is 0.938 bits per heavy atom. The van der Waals surface area contributed by atoms with Crippen LogP contribution in [0.15, 0.2) is 70.3 Å². The number of hydrogen-bond donors (Lipinski definition) is 0. The normalized spacial score (nSPS) is 10.8. The van der Waals surface area contributed by atoms with Crippen molar-refractivity contribution in [1.29, 1.82) is 0 Å². The molecule has 0 saturated heterocycles. The lowest BCUT2D eigenvalue weighted by Crippen LogP contribution is -1.98. The fourth-order valence-corrected chi connectivity index (χ4v) is 3.62. The number of hydrogen-bond acceptors (Lipinski definition) is 7. The van der Waals surface area contributed by atoms with Crippen LogP contribution in [-0.4, -0.2) is 16.1 Å². The number of ether oxygens (including phenoxy) is 1. The molecule has 164 valence electrons.